The number of hydrogen-bond donors (Lipinski definition) is 2. The molecule has 0 aliphatic carbocycles. The molecule has 5 heteroatoms. The molecule has 0 spiro atoms. The van der Waals surface area contributed by atoms with Gasteiger partial charge in [0.25, 0.3) is 0 Å². The molecule has 1 heterocycles. The van der Waals surface area contributed by atoms with Crippen LogP contribution in [0.3, 0.4) is 0 Å². The summed E-state index contributed by atoms with van der Waals surface area (Å²) in [6, 6.07) is 10.2. The monoisotopic (exact) mass is 302 g/mol. The SMILES string of the molecule is CCNC(=NCc1ccccc1)NCCCN1CCCC1=O. The molecule has 1 aliphatic heterocycles. The lowest BCUT2D eigenvalue weighted by Crippen LogP contribution is -2.39. The van der Waals surface area contributed by atoms with Crippen molar-refractivity contribution in [1.82, 2.24) is 15.5 Å². The third-order valence-corrected chi connectivity index (χ3v) is 3.68. The number of amides is 1. The van der Waals surface area contributed by atoms with E-state index >= 15 is 0 Å². The molecular weight excluding hydrogens is 276 g/mol. The van der Waals surface area contributed by atoms with Crippen LogP contribution in [0.25, 0.3) is 0 Å². The normalized spacial score (nSPS) is 15.2. The van der Waals surface area contributed by atoms with Crippen molar-refractivity contribution >= 4 is 11.9 Å². The van der Waals surface area contributed by atoms with Gasteiger partial charge in [-0.25, -0.2) is 4.99 Å². The van der Waals surface area contributed by atoms with Crippen molar-refractivity contribution in [2.45, 2.75) is 32.7 Å². The summed E-state index contributed by atoms with van der Waals surface area (Å²) in [4.78, 5) is 18.1. The maximum Gasteiger partial charge on any atom is 0.222 e. The largest absolute Gasteiger partial charge is 0.357 e. The van der Waals surface area contributed by atoms with Crippen LogP contribution in [0.2, 0.25) is 0 Å². The maximum absolute atomic E-state index is 11.5. The molecule has 1 aromatic carbocycles. The quantitative estimate of drug-likeness (QED) is 0.458. The van der Waals surface area contributed by atoms with Crippen molar-refractivity contribution in [3.63, 3.8) is 0 Å². The molecule has 2 rings (SSSR count). The van der Waals surface area contributed by atoms with E-state index in [0.29, 0.717) is 18.9 Å². The van der Waals surface area contributed by atoms with E-state index in [1.54, 1.807) is 0 Å². The molecule has 0 atom stereocenters. The zero-order valence-corrected chi connectivity index (χ0v) is 13.3. The molecule has 0 radical (unpaired) electrons. The highest BCUT2D eigenvalue weighted by molar-refractivity contribution is 5.79. The molecule has 2 N–H and O–H groups in total. The zero-order valence-electron chi connectivity index (χ0n) is 13.3. The van der Waals surface area contributed by atoms with E-state index in [1.807, 2.05) is 23.1 Å². The van der Waals surface area contributed by atoms with E-state index in [1.165, 1.54) is 5.56 Å². The molecule has 1 saturated heterocycles. The second-order valence-corrected chi connectivity index (χ2v) is 5.45. The third kappa shape index (κ3) is 5.39. The first kappa shape index (κ1) is 16.3. The minimum absolute atomic E-state index is 0.296. The van der Waals surface area contributed by atoms with Gasteiger partial charge in [0.05, 0.1) is 6.54 Å². The van der Waals surface area contributed by atoms with Crippen LogP contribution in [0.5, 0.6) is 0 Å². The molecule has 0 unspecified atom stereocenters. The first-order valence-electron chi connectivity index (χ1n) is 8.13. The summed E-state index contributed by atoms with van der Waals surface area (Å²) in [6.07, 6.45) is 2.67. The van der Waals surface area contributed by atoms with Gasteiger partial charge in [-0.2, -0.15) is 0 Å². The number of nitrogens with zero attached hydrogens (tertiary/aromatic N) is 2. The molecule has 0 aromatic heterocycles. The Morgan fingerprint density at radius 2 is 2.09 bits per heavy atom. The molecule has 0 saturated carbocycles. The van der Waals surface area contributed by atoms with Crippen LogP contribution in [0, 0.1) is 0 Å². The second-order valence-electron chi connectivity index (χ2n) is 5.45. The fourth-order valence-electron chi connectivity index (χ4n) is 2.51. The van der Waals surface area contributed by atoms with Gasteiger partial charge in [0.2, 0.25) is 5.91 Å². The van der Waals surface area contributed by atoms with E-state index in [-0.39, 0.29) is 0 Å². The van der Waals surface area contributed by atoms with E-state index in [0.717, 1.165) is 45.0 Å². The van der Waals surface area contributed by atoms with Crippen molar-refractivity contribution in [3.8, 4) is 0 Å². The van der Waals surface area contributed by atoms with Crippen LogP contribution in [0.15, 0.2) is 35.3 Å². The Hall–Kier alpha value is -2.04. The summed E-state index contributed by atoms with van der Waals surface area (Å²) < 4.78 is 0. The Bertz CT molecular complexity index is 487. The van der Waals surface area contributed by atoms with Gasteiger partial charge in [-0.3, -0.25) is 4.79 Å². The predicted octanol–water partition coefficient (Wildman–Crippen LogP) is 1.75. The highest BCUT2D eigenvalue weighted by Gasteiger charge is 2.18. The van der Waals surface area contributed by atoms with Gasteiger partial charge in [-0.15, -0.1) is 0 Å². The Kier molecular flexibility index (Phi) is 6.74. The molecule has 1 aliphatic rings. The summed E-state index contributed by atoms with van der Waals surface area (Å²) in [6.45, 7) is 6.14. The van der Waals surface area contributed by atoms with Crippen molar-refractivity contribution in [2.75, 3.05) is 26.2 Å². The standard InChI is InChI=1S/C17H26N4O/c1-2-18-17(20-14-15-8-4-3-5-9-15)19-11-7-13-21-12-6-10-16(21)22/h3-5,8-9H,2,6-7,10-14H2,1H3,(H2,18,19,20). The number of hydrogen-bond acceptors (Lipinski definition) is 2. The Morgan fingerprint density at radius 1 is 1.27 bits per heavy atom. The fraction of sp³-hybridized carbons (Fsp3) is 0.529. The van der Waals surface area contributed by atoms with Gasteiger partial charge in [-0.05, 0) is 25.3 Å². The first-order valence-corrected chi connectivity index (χ1v) is 8.13. The van der Waals surface area contributed by atoms with Gasteiger partial charge in [0, 0.05) is 32.6 Å². The first-order chi connectivity index (χ1) is 10.8. The lowest BCUT2D eigenvalue weighted by molar-refractivity contribution is -0.127. The molecule has 120 valence electrons. The van der Waals surface area contributed by atoms with E-state index < -0.39 is 0 Å². The number of carbonyl (C=O) groups excluding carboxylic acids is 1. The van der Waals surface area contributed by atoms with Gasteiger partial charge >= 0.3 is 0 Å². The Morgan fingerprint density at radius 3 is 2.77 bits per heavy atom. The lowest BCUT2D eigenvalue weighted by atomic mass is 10.2. The van der Waals surface area contributed by atoms with Crippen LogP contribution in [-0.2, 0) is 11.3 Å². The van der Waals surface area contributed by atoms with Crippen LogP contribution in [-0.4, -0.2) is 42.9 Å². The summed E-state index contributed by atoms with van der Waals surface area (Å²) >= 11 is 0. The second kappa shape index (κ2) is 9.07. The Labute approximate surface area is 132 Å². The van der Waals surface area contributed by atoms with Crippen molar-refractivity contribution in [1.29, 1.82) is 0 Å². The minimum Gasteiger partial charge on any atom is -0.357 e. The van der Waals surface area contributed by atoms with Crippen LogP contribution in [0.4, 0.5) is 0 Å². The number of carbonyl (C=O) groups is 1. The molecule has 0 bridgehead atoms. The van der Waals surface area contributed by atoms with Crippen LogP contribution in [0.1, 0.15) is 31.7 Å². The van der Waals surface area contributed by atoms with Crippen molar-refractivity contribution in [2.24, 2.45) is 4.99 Å². The lowest BCUT2D eigenvalue weighted by Gasteiger charge is -2.16. The molecule has 1 amide bonds. The van der Waals surface area contributed by atoms with E-state index in [4.69, 9.17) is 0 Å². The number of nitrogens with one attached hydrogen (secondary N) is 2. The summed E-state index contributed by atoms with van der Waals surface area (Å²) in [7, 11) is 0. The van der Waals surface area contributed by atoms with Crippen molar-refractivity contribution in [3.05, 3.63) is 35.9 Å². The van der Waals surface area contributed by atoms with Gasteiger partial charge < -0.3 is 15.5 Å². The maximum atomic E-state index is 11.5. The number of likely N-dealkylation sites (tertiary alicyclic amines) is 1. The van der Waals surface area contributed by atoms with E-state index in [9.17, 15) is 4.79 Å². The molecule has 5 nitrogen and oxygen atoms in total. The fourth-order valence-corrected chi connectivity index (χ4v) is 2.51. The van der Waals surface area contributed by atoms with Crippen molar-refractivity contribution < 1.29 is 4.79 Å². The third-order valence-electron chi connectivity index (χ3n) is 3.68. The smallest absolute Gasteiger partial charge is 0.222 e. The number of guanidine groups is 1. The predicted molar refractivity (Wildman–Crippen MR) is 89.7 cm³/mol. The van der Waals surface area contributed by atoms with E-state index in [2.05, 4.69) is 34.7 Å². The molecule has 1 fully saturated rings. The number of rotatable bonds is 7. The highest BCUT2D eigenvalue weighted by Crippen LogP contribution is 2.09. The average Bonchev–Trinajstić information content (AvgIpc) is 2.95. The van der Waals surface area contributed by atoms with Gasteiger partial charge in [0.15, 0.2) is 5.96 Å². The van der Waals surface area contributed by atoms with Gasteiger partial charge in [0.1, 0.15) is 0 Å². The summed E-state index contributed by atoms with van der Waals surface area (Å²) in [5, 5.41) is 6.58. The molecule has 22 heavy (non-hydrogen) atoms. The molecular formula is C17H26N4O. The Balaban J connectivity index is 1.72. The topological polar surface area (TPSA) is 56.7 Å². The summed E-state index contributed by atoms with van der Waals surface area (Å²) in [5.41, 5.74) is 1.20. The number of aliphatic imine (C=N–C) groups is 1. The summed E-state index contributed by atoms with van der Waals surface area (Å²) in [5.74, 6) is 1.13. The average molecular weight is 302 g/mol. The highest BCUT2D eigenvalue weighted by atomic mass is 16.2. The molecule has 1 aromatic rings. The van der Waals surface area contributed by atoms with Crippen LogP contribution < -0.4 is 10.6 Å². The minimum atomic E-state index is 0.296. The van der Waals surface area contributed by atoms with Crippen LogP contribution >= 0.6 is 0 Å². The number of benzene rings is 1. The zero-order chi connectivity index (χ0) is 15.6. The van der Waals surface area contributed by atoms with Gasteiger partial charge in [-0.1, -0.05) is 30.3 Å².